The lowest BCUT2D eigenvalue weighted by molar-refractivity contribution is -0.870. The van der Waals surface area contributed by atoms with Crippen molar-refractivity contribution >= 4 is 17.9 Å². The molecule has 0 aromatic rings. The van der Waals surface area contributed by atoms with Gasteiger partial charge in [0.15, 0.2) is 12.4 Å². The van der Waals surface area contributed by atoms with E-state index in [0.29, 0.717) is 17.4 Å². The molecule has 9 nitrogen and oxygen atoms in total. The number of nitrogens with zero attached hydrogens (tertiary/aromatic N) is 1. The number of ether oxygens (including phenoxy) is 4. The van der Waals surface area contributed by atoms with Gasteiger partial charge in [-0.3, -0.25) is 9.59 Å². The van der Waals surface area contributed by atoms with Crippen LogP contribution < -0.4 is 5.11 Å². The van der Waals surface area contributed by atoms with E-state index < -0.39 is 24.3 Å². The molecule has 490 valence electrons. The first-order valence-electron chi connectivity index (χ1n) is 35.9. The van der Waals surface area contributed by atoms with Crippen molar-refractivity contribution in [1.82, 2.24) is 0 Å². The van der Waals surface area contributed by atoms with Gasteiger partial charge in [-0.05, 0) is 83.5 Å². The topological polar surface area (TPSA) is 111 Å². The summed E-state index contributed by atoms with van der Waals surface area (Å²) in [5.74, 6) is -2.27. The largest absolute Gasteiger partial charge is 0.545 e. The van der Waals surface area contributed by atoms with Gasteiger partial charge >= 0.3 is 11.9 Å². The van der Waals surface area contributed by atoms with E-state index in [0.717, 1.165) is 64.2 Å². The molecule has 0 spiro atoms. The molecule has 0 aliphatic carbocycles. The Kier molecular flexibility index (Phi) is 63.6. The summed E-state index contributed by atoms with van der Waals surface area (Å²) >= 11 is 0. The van der Waals surface area contributed by atoms with Gasteiger partial charge in [-0.15, -0.1) is 0 Å². The number of carbonyl (C=O) groups excluding carboxylic acids is 3. The van der Waals surface area contributed by atoms with Crippen LogP contribution in [0.25, 0.3) is 0 Å². The molecule has 0 saturated carbocycles. The number of hydrogen-bond donors (Lipinski definition) is 0. The minimum atomic E-state index is -1.62. The van der Waals surface area contributed by atoms with Gasteiger partial charge in [-0.25, -0.2) is 0 Å². The highest BCUT2D eigenvalue weighted by atomic mass is 16.7. The first kappa shape index (κ1) is 81.0. The molecule has 0 aliphatic heterocycles. The number of carboxylic acids is 1. The van der Waals surface area contributed by atoms with E-state index in [9.17, 15) is 19.5 Å². The van der Waals surface area contributed by atoms with Crippen LogP contribution in [0.1, 0.15) is 341 Å². The van der Waals surface area contributed by atoms with Crippen LogP contribution in [-0.4, -0.2) is 82.3 Å². The number of aliphatic carboxylic acids is 1. The zero-order valence-electron chi connectivity index (χ0n) is 56.0. The second-order valence-corrected chi connectivity index (χ2v) is 25.5. The molecule has 9 heteroatoms. The number of rotatable bonds is 67. The van der Waals surface area contributed by atoms with Crippen molar-refractivity contribution < 1.29 is 42.9 Å². The molecular formula is C75H137NO8. The van der Waals surface area contributed by atoms with Crippen LogP contribution in [0.4, 0.5) is 0 Å². The maximum atomic E-state index is 12.9. The predicted molar refractivity (Wildman–Crippen MR) is 357 cm³/mol. The summed E-state index contributed by atoms with van der Waals surface area (Å²) in [6.45, 7) is 4.75. The van der Waals surface area contributed by atoms with Crippen molar-refractivity contribution in [3.63, 3.8) is 0 Å². The van der Waals surface area contributed by atoms with Crippen molar-refractivity contribution in [2.75, 3.05) is 47.5 Å². The van der Waals surface area contributed by atoms with Gasteiger partial charge in [0.1, 0.15) is 13.2 Å². The second-order valence-electron chi connectivity index (χ2n) is 25.5. The van der Waals surface area contributed by atoms with Crippen LogP contribution in [0.2, 0.25) is 0 Å². The summed E-state index contributed by atoms with van der Waals surface area (Å²) in [6.07, 6.45) is 83.3. The second kappa shape index (κ2) is 66.0. The van der Waals surface area contributed by atoms with Crippen molar-refractivity contribution in [2.45, 2.75) is 354 Å². The predicted octanol–water partition coefficient (Wildman–Crippen LogP) is 21.0. The summed E-state index contributed by atoms with van der Waals surface area (Å²) in [5, 5.41) is 11.8. The minimum absolute atomic E-state index is 0.147. The van der Waals surface area contributed by atoms with Gasteiger partial charge in [-0.2, -0.15) is 0 Å². The van der Waals surface area contributed by atoms with E-state index in [1.165, 1.54) is 244 Å². The Morgan fingerprint density at radius 3 is 0.964 bits per heavy atom. The van der Waals surface area contributed by atoms with Crippen LogP contribution in [-0.2, 0) is 33.3 Å². The number of allylic oxidation sites excluding steroid dienone is 10. The minimum Gasteiger partial charge on any atom is -0.545 e. The van der Waals surface area contributed by atoms with Gasteiger partial charge in [-0.1, -0.05) is 306 Å². The smallest absolute Gasteiger partial charge is 0.306 e. The summed E-state index contributed by atoms with van der Waals surface area (Å²) in [5.41, 5.74) is 0. The molecule has 0 aromatic heterocycles. The van der Waals surface area contributed by atoms with Crippen LogP contribution in [0.15, 0.2) is 60.8 Å². The SMILES string of the molecule is CCCCCC/C=C\C/C=C\CCCCCCCCCC(=O)OCC(COC(OCC[N+](C)(C)C)C(=O)[O-])OC(=O)CCCCCCCCCCCCCCCCCCCCCCCCCCCC/C=C\C/C=C\C/C=C\CCCCCCC. The lowest BCUT2D eigenvalue weighted by Gasteiger charge is -2.26. The maximum Gasteiger partial charge on any atom is 0.306 e. The van der Waals surface area contributed by atoms with Crippen molar-refractivity contribution in [3.05, 3.63) is 60.8 Å². The normalized spacial score (nSPS) is 13.0. The number of quaternary nitrogens is 1. The number of carboxylic acid groups (broad SMARTS) is 1. The molecular weight excluding hydrogens is 1040 g/mol. The highest BCUT2D eigenvalue weighted by molar-refractivity contribution is 5.70. The van der Waals surface area contributed by atoms with Gasteiger partial charge in [0.2, 0.25) is 0 Å². The number of esters is 2. The van der Waals surface area contributed by atoms with E-state index in [1.54, 1.807) is 0 Å². The van der Waals surface area contributed by atoms with Crippen LogP contribution in [0.5, 0.6) is 0 Å². The fraction of sp³-hybridized carbons (Fsp3) is 0.827. The molecule has 0 bridgehead atoms. The summed E-state index contributed by atoms with van der Waals surface area (Å²) in [7, 11) is 5.93. The monoisotopic (exact) mass is 1180 g/mol. The number of hydrogen-bond acceptors (Lipinski definition) is 8. The van der Waals surface area contributed by atoms with Crippen molar-refractivity contribution in [1.29, 1.82) is 0 Å². The number of carbonyl (C=O) groups is 3. The number of likely N-dealkylation sites (N-methyl/N-ethyl adjacent to an activating group) is 1. The Bertz CT molecular complexity index is 1560. The van der Waals surface area contributed by atoms with Crippen LogP contribution in [0, 0.1) is 0 Å². The van der Waals surface area contributed by atoms with E-state index in [-0.39, 0.29) is 38.6 Å². The third-order valence-corrected chi connectivity index (χ3v) is 16.0. The first-order valence-corrected chi connectivity index (χ1v) is 35.9. The third kappa shape index (κ3) is 66.5. The van der Waals surface area contributed by atoms with Gasteiger partial charge in [0.05, 0.1) is 40.3 Å². The Hall–Kier alpha value is -3.01. The van der Waals surface area contributed by atoms with Gasteiger partial charge in [0.25, 0.3) is 0 Å². The van der Waals surface area contributed by atoms with E-state index in [1.807, 2.05) is 21.1 Å². The standard InChI is InChI=1S/C75H137NO8/c1-6-8-10-12-14-16-18-20-22-24-26-27-28-29-30-31-32-33-34-35-36-37-38-39-40-41-42-43-44-45-46-47-48-50-52-54-56-58-60-62-64-66-73(78)84-71(70-83-75(74(79)80)81-68-67-76(3,4)5)69-82-72(77)65-63-61-59-57-55-53-51-49-25-23-21-19-17-15-13-11-9-7-2/h17-20,23-26,28-29,71,75H,6-16,21-22,27,30-70H2,1-5H3/b19-17-,20-18-,25-23-,26-24-,29-28-. The summed E-state index contributed by atoms with van der Waals surface area (Å²) < 4.78 is 22.8. The molecule has 0 saturated heterocycles. The molecule has 0 rings (SSSR count). The Balaban J connectivity index is 3.95. The zero-order valence-corrected chi connectivity index (χ0v) is 56.0. The fourth-order valence-corrected chi connectivity index (χ4v) is 10.5. The quantitative estimate of drug-likeness (QED) is 0.0195. The molecule has 0 fully saturated rings. The molecule has 0 aliphatic rings. The molecule has 0 N–H and O–H groups in total. The maximum absolute atomic E-state index is 12.9. The molecule has 84 heavy (non-hydrogen) atoms. The number of unbranched alkanes of at least 4 members (excludes halogenated alkanes) is 42. The molecule has 2 atom stereocenters. The van der Waals surface area contributed by atoms with Gasteiger partial charge < -0.3 is 33.3 Å². The van der Waals surface area contributed by atoms with Crippen LogP contribution >= 0.6 is 0 Å². The van der Waals surface area contributed by atoms with Crippen LogP contribution in [0.3, 0.4) is 0 Å². The Morgan fingerprint density at radius 2 is 0.643 bits per heavy atom. The van der Waals surface area contributed by atoms with Crippen molar-refractivity contribution in [2.24, 2.45) is 0 Å². The third-order valence-electron chi connectivity index (χ3n) is 16.0. The molecule has 0 radical (unpaired) electrons. The zero-order chi connectivity index (χ0) is 61.2. The lowest BCUT2D eigenvalue weighted by atomic mass is 10.0. The van der Waals surface area contributed by atoms with E-state index in [2.05, 4.69) is 74.6 Å². The lowest BCUT2D eigenvalue weighted by Crippen LogP contribution is -2.44. The van der Waals surface area contributed by atoms with Gasteiger partial charge in [0, 0.05) is 12.8 Å². The molecule has 0 aromatic carbocycles. The highest BCUT2D eigenvalue weighted by Gasteiger charge is 2.22. The van der Waals surface area contributed by atoms with E-state index in [4.69, 9.17) is 18.9 Å². The Morgan fingerprint density at radius 1 is 0.357 bits per heavy atom. The highest BCUT2D eigenvalue weighted by Crippen LogP contribution is 2.18. The molecule has 0 amide bonds. The fourth-order valence-electron chi connectivity index (χ4n) is 10.5. The Labute approximate surface area is 520 Å². The average molecular weight is 1180 g/mol. The summed E-state index contributed by atoms with van der Waals surface area (Å²) in [6, 6.07) is 0. The molecule has 2 unspecified atom stereocenters. The summed E-state index contributed by atoms with van der Waals surface area (Å²) in [4.78, 5) is 37.4. The van der Waals surface area contributed by atoms with E-state index >= 15 is 0 Å². The molecule has 0 heterocycles. The average Bonchev–Trinajstić information content (AvgIpc) is 3.54. The first-order chi connectivity index (χ1) is 41.1. The van der Waals surface area contributed by atoms with Crippen molar-refractivity contribution in [3.8, 4) is 0 Å².